The molecule has 0 aliphatic rings. The highest BCUT2D eigenvalue weighted by Crippen LogP contribution is 2.28. The summed E-state index contributed by atoms with van der Waals surface area (Å²) in [4.78, 5) is 30.0. The average molecular weight is 329 g/mol. The summed E-state index contributed by atoms with van der Waals surface area (Å²) < 4.78 is 6.55. The van der Waals surface area contributed by atoms with Gasteiger partial charge in [0, 0.05) is 18.8 Å². The first-order chi connectivity index (χ1) is 11.0. The number of rotatable bonds is 3. The highest BCUT2D eigenvalue weighted by Gasteiger charge is 2.19. The van der Waals surface area contributed by atoms with Crippen LogP contribution in [-0.2, 0) is 7.05 Å². The normalized spacial score (nSPS) is 10.7. The Morgan fingerprint density at radius 2 is 2.17 bits per heavy atom. The molecule has 0 fully saturated rings. The van der Waals surface area contributed by atoms with Gasteiger partial charge in [-0.2, -0.15) is 0 Å². The standard InChI is InChI=1S/C16H15N3O3S/c1-9-12-15(17-8-19(2)16(12)21)23-13(9)14(20)18-10-5-4-6-11(7-10)22-3/h4-8H,1-3H3,(H,18,20). The summed E-state index contributed by atoms with van der Waals surface area (Å²) in [6, 6.07) is 7.11. The quantitative estimate of drug-likeness (QED) is 0.801. The number of methoxy groups -OCH3 is 1. The van der Waals surface area contributed by atoms with Crippen molar-refractivity contribution in [3.8, 4) is 5.75 Å². The monoisotopic (exact) mass is 329 g/mol. The number of aromatic nitrogens is 2. The second kappa shape index (κ2) is 5.85. The number of fused-ring (bicyclic) bond motifs is 1. The van der Waals surface area contributed by atoms with Crippen LogP contribution < -0.4 is 15.6 Å². The van der Waals surface area contributed by atoms with Gasteiger partial charge in [-0.25, -0.2) is 4.98 Å². The zero-order chi connectivity index (χ0) is 16.6. The first-order valence-corrected chi connectivity index (χ1v) is 7.73. The molecular formula is C16H15N3O3S. The van der Waals surface area contributed by atoms with Crippen LogP contribution in [0.15, 0.2) is 35.4 Å². The van der Waals surface area contributed by atoms with E-state index in [9.17, 15) is 9.59 Å². The number of thiophene rings is 1. The van der Waals surface area contributed by atoms with Gasteiger partial charge < -0.3 is 14.6 Å². The van der Waals surface area contributed by atoms with Crippen LogP contribution in [0.1, 0.15) is 15.2 Å². The molecule has 23 heavy (non-hydrogen) atoms. The number of benzene rings is 1. The molecule has 1 aromatic carbocycles. The molecule has 0 atom stereocenters. The molecule has 2 heterocycles. The van der Waals surface area contributed by atoms with Crippen molar-refractivity contribution in [1.29, 1.82) is 0 Å². The molecule has 1 amide bonds. The van der Waals surface area contributed by atoms with Gasteiger partial charge in [0.05, 0.1) is 23.7 Å². The number of anilines is 1. The lowest BCUT2D eigenvalue weighted by Crippen LogP contribution is -2.17. The largest absolute Gasteiger partial charge is 0.497 e. The molecule has 0 bridgehead atoms. The van der Waals surface area contributed by atoms with Crippen molar-refractivity contribution in [1.82, 2.24) is 9.55 Å². The molecule has 0 aliphatic heterocycles. The molecule has 1 N–H and O–H groups in total. The molecule has 2 aromatic heterocycles. The Labute approximate surface area is 136 Å². The third-order valence-electron chi connectivity index (χ3n) is 3.54. The predicted octanol–water partition coefficient (Wildman–Crippen LogP) is 2.56. The molecule has 0 unspecified atom stereocenters. The molecule has 3 rings (SSSR count). The van der Waals surface area contributed by atoms with E-state index in [1.165, 1.54) is 22.2 Å². The molecule has 0 aliphatic carbocycles. The van der Waals surface area contributed by atoms with E-state index in [0.717, 1.165) is 0 Å². The van der Waals surface area contributed by atoms with Crippen molar-refractivity contribution < 1.29 is 9.53 Å². The van der Waals surface area contributed by atoms with Crippen LogP contribution >= 0.6 is 11.3 Å². The summed E-state index contributed by atoms with van der Waals surface area (Å²) in [6.45, 7) is 1.77. The maximum absolute atomic E-state index is 12.5. The predicted molar refractivity (Wildman–Crippen MR) is 90.5 cm³/mol. The minimum Gasteiger partial charge on any atom is -0.497 e. The molecular weight excluding hydrogens is 314 g/mol. The van der Waals surface area contributed by atoms with Crippen LogP contribution in [0.2, 0.25) is 0 Å². The van der Waals surface area contributed by atoms with Gasteiger partial charge in [-0.3, -0.25) is 9.59 Å². The minimum atomic E-state index is -0.263. The molecule has 7 heteroatoms. The van der Waals surface area contributed by atoms with Crippen molar-refractivity contribution in [2.45, 2.75) is 6.92 Å². The minimum absolute atomic E-state index is 0.149. The maximum Gasteiger partial charge on any atom is 0.266 e. The highest BCUT2D eigenvalue weighted by atomic mass is 32.1. The molecule has 0 radical (unpaired) electrons. The topological polar surface area (TPSA) is 73.2 Å². The van der Waals surface area contributed by atoms with Crippen LogP contribution in [0, 0.1) is 6.92 Å². The first-order valence-electron chi connectivity index (χ1n) is 6.91. The van der Waals surface area contributed by atoms with Crippen molar-refractivity contribution in [2.24, 2.45) is 7.05 Å². The van der Waals surface area contributed by atoms with Crippen LogP contribution in [0.25, 0.3) is 10.2 Å². The number of hydrogen-bond acceptors (Lipinski definition) is 5. The number of nitrogens with zero attached hydrogens (tertiary/aromatic N) is 2. The van der Waals surface area contributed by atoms with Gasteiger partial charge in [0.25, 0.3) is 11.5 Å². The van der Waals surface area contributed by atoms with E-state index < -0.39 is 0 Å². The summed E-state index contributed by atoms with van der Waals surface area (Å²) in [7, 11) is 3.21. The number of hydrogen-bond donors (Lipinski definition) is 1. The summed E-state index contributed by atoms with van der Waals surface area (Å²) in [6.07, 6.45) is 1.46. The second-order valence-corrected chi connectivity index (χ2v) is 6.08. The molecule has 6 nitrogen and oxygen atoms in total. The van der Waals surface area contributed by atoms with Crippen molar-refractivity contribution in [3.05, 3.63) is 51.4 Å². The Morgan fingerprint density at radius 1 is 1.39 bits per heavy atom. The van der Waals surface area contributed by atoms with Crippen molar-refractivity contribution >= 4 is 33.1 Å². The smallest absolute Gasteiger partial charge is 0.266 e. The lowest BCUT2D eigenvalue weighted by molar-refractivity contribution is 0.103. The van der Waals surface area contributed by atoms with Gasteiger partial charge >= 0.3 is 0 Å². The van der Waals surface area contributed by atoms with Crippen LogP contribution in [0.3, 0.4) is 0 Å². The second-order valence-electron chi connectivity index (χ2n) is 5.08. The average Bonchev–Trinajstić information content (AvgIpc) is 2.89. The third-order valence-corrected chi connectivity index (χ3v) is 4.74. The summed E-state index contributed by atoms with van der Waals surface area (Å²) in [5, 5.41) is 3.32. The number of aryl methyl sites for hydroxylation is 2. The molecule has 3 aromatic rings. The number of ether oxygens (including phenoxy) is 1. The van der Waals surface area contributed by atoms with Crippen molar-refractivity contribution in [3.63, 3.8) is 0 Å². The summed E-state index contributed by atoms with van der Waals surface area (Å²) >= 11 is 1.22. The zero-order valence-electron chi connectivity index (χ0n) is 12.9. The Kier molecular flexibility index (Phi) is 3.87. The Balaban J connectivity index is 1.99. The number of carbonyl (C=O) groups is 1. The van der Waals surface area contributed by atoms with Gasteiger partial charge in [0.15, 0.2) is 0 Å². The van der Waals surface area contributed by atoms with Gasteiger partial charge in [-0.05, 0) is 24.6 Å². The van der Waals surface area contributed by atoms with E-state index in [1.54, 1.807) is 45.3 Å². The van der Waals surface area contributed by atoms with E-state index >= 15 is 0 Å². The number of nitrogens with one attached hydrogen (secondary N) is 1. The highest BCUT2D eigenvalue weighted by molar-refractivity contribution is 7.20. The van der Waals surface area contributed by atoms with Crippen LogP contribution in [-0.4, -0.2) is 22.6 Å². The lowest BCUT2D eigenvalue weighted by Gasteiger charge is -2.06. The van der Waals surface area contributed by atoms with Crippen LogP contribution in [0.5, 0.6) is 5.75 Å². The van der Waals surface area contributed by atoms with E-state index in [0.29, 0.717) is 32.1 Å². The Hall–Kier alpha value is -2.67. The van der Waals surface area contributed by atoms with Gasteiger partial charge in [0.1, 0.15) is 10.6 Å². The fourth-order valence-electron chi connectivity index (χ4n) is 2.31. The van der Waals surface area contributed by atoms with Crippen LogP contribution in [0.4, 0.5) is 5.69 Å². The SMILES string of the molecule is COc1cccc(NC(=O)c2sc3ncn(C)c(=O)c3c2C)c1. The third kappa shape index (κ3) is 2.70. The summed E-state index contributed by atoms with van der Waals surface area (Å²) in [5.41, 5.74) is 1.13. The van der Waals surface area contributed by atoms with Gasteiger partial charge in [-0.15, -0.1) is 11.3 Å². The Bertz CT molecular complexity index is 959. The molecule has 0 spiro atoms. The number of carbonyl (C=O) groups excluding carboxylic acids is 1. The van der Waals surface area contributed by atoms with E-state index in [4.69, 9.17) is 4.74 Å². The summed E-state index contributed by atoms with van der Waals surface area (Å²) in [5.74, 6) is 0.396. The number of amides is 1. The van der Waals surface area contributed by atoms with E-state index in [2.05, 4.69) is 10.3 Å². The van der Waals surface area contributed by atoms with E-state index in [1.807, 2.05) is 0 Å². The molecule has 0 saturated heterocycles. The van der Waals surface area contributed by atoms with Crippen molar-refractivity contribution in [2.75, 3.05) is 12.4 Å². The van der Waals surface area contributed by atoms with E-state index in [-0.39, 0.29) is 11.5 Å². The zero-order valence-corrected chi connectivity index (χ0v) is 13.7. The molecule has 118 valence electrons. The van der Waals surface area contributed by atoms with Gasteiger partial charge in [0.2, 0.25) is 0 Å². The Morgan fingerprint density at radius 3 is 2.91 bits per heavy atom. The first kappa shape index (κ1) is 15.2. The fraction of sp³-hybridized carbons (Fsp3) is 0.188. The molecule has 0 saturated carbocycles. The lowest BCUT2D eigenvalue weighted by atomic mass is 10.2. The van der Waals surface area contributed by atoms with Gasteiger partial charge in [-0.1, -0.05) is 6.07 Å². The fourth-order valence-corrected chi connectivity index (χ4v) is 3.35. The maximum atomic E-state index is 12.5.